The van der Waals surface area contributed by atoms with Crippen molar-refractivity contribution in [1.29, 1.82) is 0 Å². The molecule has 0 saturated heterocycles. The molecule has 274 valence electrons. The van der Waals surface area contributed by atoms with Gasteiger partial charge in [0, 0.05) is 50.4 Å². The molecule has 2 heterocycles. The fraction of sp³-hybridized carbons (Fsp3) is 0. The lowest BCUT2D eigenvalue weighted by Crippen LogP contribution is -2.09. The van der Waals surface area contributed by atoms with Crippen molar-refractivity contribution in [2.45, 2.75) is 0 Å². The van der Waals surface area contributed by atoms with Crippen LogP contribution in [0.25, 0.3) is 82.8 Å². The molecule has 0 aliphatic carbocycles. The first kappa shape index (κ1) is 33.6. The molecule has 9 aromatic carbocycles. The number of aromatic nitrogens is 1. The van der Waals surface area contributed by atoms with Crippen molar-refractivity contribution in [3.63, 3.8) is 0 Å². The Labute approximate surface area is 335 Å². The Morgan fingerprint density at radius 3 is 1.50 bits per heavy atom. The molecule has 0 amide bonds. The fourth-order valence-electron chi connectivity index (χ4n) is 8.41. The van der Waals surface area contributed by atoms with Gasteiger partial charge in [-0.25, -0.2) is 4.39 Å². The number of para-hydroxylation sites is 3. The van der Waals surface area contributed by atoms with Crippen molar-refractivity contribution >= 4 is 60.8 Å². The first-order valence-corrected chi connectivity index (χ1v) is 19.5. The summed E-state index contributed by atoms with van der Waals surface area (Å²) in [7, 11) is 0. The molecule has 0 bridgehead atoms. The minimum atomic E-state index is -0.242. The summed E-state index contributed by atoms with van der Waals surface area (Å²) in [6.45, 7) is 0. The maximum absolute atomic E-state index is 13.7. The highest BCUT2D eigenvalue weighted by molar-refractivity contribution is 6.10. The van der Waals surface area contributed by atoms with Gasteiger partial charge < -0.3 is 13.9 Å². The van der Waals surface area contributed by atoms with Crippen molar-refractivity contribution in [3.8, 4) is 39.1 Å². The summed E-state index contributed by atoms with van der Waals surface area (Å²) >= 11 is 0. The molecule has 0 aliphatic heterocycles. The number of rotatable bonds is 7. The van der Waals surface area contributed by atoms with Gasteiger partial charge in [-0.2, -0.15) is 0 Å². The largest absolute Gasteiger partial charge is 0.456 e. The van der Waals surface area contributed by atoms with E-state index in [4.69, 9.17) is 4.42 Å². The molecule has 0 N–H and O–H groups in total. The lowest BCUT2D eigenvalue weighted by Gasteiger charge is -2.26. The van der Waals surface area contributed by atoms with Crippen LogP contribution in [0.2, 0.25) is 0 Å². The molecular weight excluding hydrogens is 712 g/mol. The minimum Gasteiger partial charge on any atom is -0.456 e. The third kappa shape index (κ3) is 5.82. The monoisotopic (exact) mass is 746 g/mol. The van der Waals surface area contributed by atoms with Gasteiger partial charge in [0.15, 0.2) is 0 Å². The van der Waals surface area contributed by atoms with Crippen LogP contribution in [-0.2, 0) is 0 Å². The van der Waals surface area contributed by atoms with E-state index in [1.807, 2.05) is 30.3 Å². The van der Waals surface area contributed by atoms with Crippen LogP contribution in [0.4, 0.5) is 21.5 Å². The molecular formula is C54H35FN2O. The normalized spacial score (nSPS) is 11.5. The van der Waals surface area contributed by atoms with Crippen molar-refractivity contribution in [2.75, 3.05) is 4.90 Å². The van der Waals surface area contributed by atoms with Crippen molar-refractivity contribution in [3.05, 3.63) is 218 Å². The molecule has 0 fully saturated rings. The number of hydrogen-bond donors (Lipinski definition) is 0. The molecule has 0 aliphatic rings. The topological polar surface area (TPSA) is 21.3 Å². The summed E-state index contributed by atoms with van der Waals surface area (Å²) in [6.07, 6.45) is 0. The van der Waals surface area contributed by atoms with E-state index < -0.39 is 0 Å². The Hall–Kier alpha value is -7.69. The van der Waals surface area contributed by atoms with Gasteiger partial charge in [0.25, 0.3) is 0 Å². The van der Waals surface area contributed by atoms with E-state index in [1.165, 1.54) is 45.1 Å². The molecule has 58 heavy (non-hydrogen) atoms. The highest BCUT2D eigenvalue weighted by Gasteiger charge is 2.17. The van der Waals surface area contributed by atoms with E-state index in [-0.39, 0.29) is 5.82 Å². The van der Waals surface area contributed by atoms with Crippen LogP contribution in [0.5, 0.6) is 0 Å². The molecule has 0 unspecified atom stereocenters. The first-order valence-electron chi connectivity index (χ1n) is 19.5. The van der Waals surface area contributed by atoms with Crippen LogP contribution in [0.15, 0.2) is 217 Å². The molecule has 11 rings (SSSR count). The Bertz CT molecular complexity index is 3250. The lowest BCUT2D eigenvalue weighted by atomic mass is 9.98. The number of anilines is 3. The smallest absolute Gasteiger partial charge is 0.137 e. The van der Waals surface area contributed by atoms with Crippen molar-refractivity contribution in [1.82, 2.24) is 4.57 Å². The van der Waals surface area contributed by atoms with E-state index in [2.05, 4.69) is 179 Å². The number of furan rings is 1. The summed E-state index contributed by atoms with van der Waals surface area (Å²) in [5.41, 5.74) is 14.9. The third-order valence-electron chi connectivity index (χ3n) is 11.3. The van der Waals surface area contributed by atoms with Gasteiger partial charge in [-0.15, -0.1) is 0 Å². The highest BCUT2D eigenvalue weighted by atomic mass is 19.1. The number of halogens is 1. The Morgan fingerprint density at radius 2 is 0.828 bits per heavy atom. The van der Waals surface area contributed by atoms with Gasteiger partial charge >= 0.3 is 0 Å². The quantitative estimate of drug-likeness (QED) is 0.162. The van der Waals surface area contributed by atoms with Crippen LogP contribution < -0.4 is 4.90 Å². The zero-order chi connectivity index (χ0) is 38.6. The third-order valence-corrected chi connectivity index (χ3v) is 11.3. The minimum absolute atomic E-state index is 0.242. The molecule has 0 atom stereocenters. The number of hydrogen-bond acceptors (Lipinski definition) is 2. The summed E-state index contributed by atoms with van der Waals surface area (Å²) in [6, 6.07) is 73.2. The van der Waals surface area contributed by atoms with Crippen LogP contribution in [0.1, 0.15) is 0 Å². The SMILES string of the molecule is Fc1ccc(-c2ccc(N(c3ccc(-c4ccc(-c5ccc6c(c5)c5ccccc5n6-c5ccccc5)cc4)cc3)c3ccc4c(c3)oc3ccccc34)cc2)cc1. The second kappa shape index (κ2) is 13.8. The zero-order valence-electron chi connectivity index (χ0n) is 31.4. The zero-order valence-corrected chi connectivity index (χ0v) is 31.4. The van der Waals surface area contributed by atoms with Gasteiger partial charge in [0.05, 0.1) is 11.0 Å². The van der Waals surface area contributed by atoms with E-state index in [0.717, 1.165) is 66.9 Å². The standard InChI is InChI=1S/C54H35FN2O/c55-42-25-18-37(19-26-42)39-22-29-45(30-23-39)56(46-31-32-49-48-11-5-7-13-53(48)58-54(49)35-46)44-27-20-38(21-28-44)36-14-16-40(17-15-36)41-24-33-52-50(34-41)47-10-4-6-12-51(47)57(52)43-8-2-1-3-9-43/h1-35H. The van der Waals surface area contributed by atoms with Gasteiger partial charge in [-0.1, -0.05) is 121 Å². The maximum Gasteiger partial charge on any atom is 0.137 e. The van der Waals surface area contributed by atoms with Crippen LogP contribution in [0, 0.1) is 5.82 Å². The van der Waals surface area contributed by atoms with Gasteiger partial charge in [-0.3, -0.25) is 0 Å². The van der Waals surface area contributed by atoms with Crippen LogP contribution >= 0.6 is 0 Å². The number of benzene rings is 9. The van der Waals surface area contributed by atoms with Gasteiger partial charge in [0.2, 0.25) is 0 Å². The summed E-state index contributed by atoms with van der Waals surface area (Å²) in [5, 5.41) is 4.68. The predicted octanol–water partition coefficient (Wildman–Crippen LogP) is 15.3. The second-order valence-corrected chi connectivity index (χ2v) is 14.7. The average Bonchev–Trinajstić information content (AvgIpc) is 3.83. The maximum atomic E-state index is 13.7. The van der Waals surface area contributed by atoms with E-state index >= 15 is 0 Å². The first-order chi connectivity index (χ1) is 28.6. The van der Waals surface area contributed by atoms with Gasteiger partial charge in [0.1, 0.15) is 17.0 Å². The number of fused-ring (bicyclic) bond motifs is 6. The predicted molar refractivity (Wildman–Crippen MR) is 239 cm³/mol. The van der Waals surface area contributed by atoms with Crippen molar-refractivity contribution in [2.24, 2.45) is 0 Å². The van der Waals surface area contributed by atoms with Crippen molar-refractivity contribution < 1.29 is 8.81 Å². The molecule has 3 nitrogen and oxygen atoms in total. The lowest BCUT2D eigenvalue weighted by molar-refractivity contribution is 0.628. The molecule has 0 saturated carbocycles. The summed E-state index contributed by atoms with van der Waals surface area (Å²) in [5.74, 6) is -0.242. The molecule has 4 heteroatoms. The summed E-state index contributed by atoms with van der Waals surface area (Å²) in [4.78, 5) is 2.25. The molecule has 0 radical (unpaired) electrons. The molecule has 2 aromatic heterocycles. The summed E-state index contributed by atoms with van der Waals surface area (Å²) < 4.78 is 22.3. The Morgan fingerprint density at radius 1 is 0.345 bits per heavy atom. The Kier molecular flexibility index (Phi) is 8.00. The van der Waals surface area contributed by atoms with Gasteiger partial charge in [-0.05, 0) is 118 Å². The van der Waals surface area contributed by atoms with E-state index in [9.17, 15) is 4.39 Å². The Balaban J connectivity index is 0.928. The second-order valence-electron chi connectivity index (χ2n) is 14.7. The molecule has 11 aromatic rings. The average molecular weight is 747 g/mol. The number of nitrogens with zero attached hydrogens (tertiary/aromatic N) is 2. The van der Waals surface area contributed by atoms with Crippen LogP contribution in [0.3, 0.4) is 0 Å². The highest BCUT2D eigenvalue weighted by Crippen LogP contribution is 2.40. The van der Waals surface area contributed by atoms with Crippen LogP contribution in [-0.4, -0.2) is 4.57 Å². The van der Waals surface area contributed by atoms with E-state index in [1.54, 1.807) is 0 Å². The fourth-order valence-corrected chi connectivity index (χ4v) is 8.41. The van der Waals surface area contributed by atoms with E-state index in [0.29, 0.717) is 0 Å². The molecule has 0 spiro atoms.